The van der Waals surface area contributed by atoms with Crippen LogP contribution in [0.1, 0.15) is 34.8 Å². The fourth-order valence-corrected chi connectivity index (χ4v) is 1.88. The van der Waals surface area contributed by atoms with Crippen molar-refractivity contribution in [2.75, 3.05) is 14.2 Å². The predicted molar refractivity (Wildman–Crippen MR) is 67.9 cm³/mol. The first-order chi connectivity index (χ1) is 8.06. The third-order valence-electron chi connectivity index (χ3n) is 3.09. The molecule has 1 aromatic rings. The summed E-state index contributed by atoms with van der Waals surface area (Å²) in [6.45, 7) is 5.89. The van der Waals surface area contributed by atoms with E-state index < -0.39 is 6.10 Å². The number of ketones is 1. The monoisotopic (exact) mass is 236 g/mol. The average molecular weight is 236 g/mol. The van der Waals surface area contributed by atoms with Crippen LogP contribution in [0, 0.1) is 13.8 Å². The van der Waals surface area contributed by atoms with E-state index >= 15 is 0 Å². The molecule has 0 N–H and O–H groups in total. The summed E-state index contributed by atoms with van der Waals surface area (Å²) in [6, 6.07) is 3.75. The van der Waals surface area contributed by atoms with E-state index in [2.05, 4.69) is 0 Å². The van der Waals surface area contributed by atoms with Crippen molar-refractivity contribution in [3.8, 4) is 5.75 Å². The fraction of sp³-hybridized carbons (Fsp3) is 0.500. The van der Waals surface area contributed by atoms with Crippen LogP contribution in [-0.4, -0.2) is 26.1 Å². The van der Waals surface area contributed by atoms with Crippen molar-refractivity contribution in [3.63, 3.8) is 0 Å². The van der Waals surface area contributed by atoms with Crippen molar-refractivity contribution in [2.24, 2.45) is 0 Å². The Balaban J connectivity index is 3.22. The van der Waals surface area contributed by atoms with Gasteiger partial charge in [0.15, 0.2) is 5.78 Å². The van der Waals surface area contributed by atoms with Gasteiger partial charge in [-0.05, 0) is 37.5 Å². The standard InChI is InChI=1S/C14H20O3/c1-6-12(16-4)13(15)11-8-7-9(2)10(3)14(11)17-5/h7-8,12H,6H2,1-5H3. The highest BCUT2D eigenvalue weighted by Crippen LogP contribution is 2.27. The molecule has 0 fully saturated rings. The number of hydrogen-bond donors (Lipinski definition) is 0. The van der Waals surface area contributed by atoms with Crippen LogP contribution in [-0.2, 0) is 4.74 Å². The number of carbonyl (C=O) groups excluding carboxylic acids is 1. The third-order valence-corrected chi connectivity index (χ3v) is 3.09. The van der Waals surface area contributed by atoms with Crippen LogP contribution >= 0.6 is 0 Å². The summed E-state index contributed by atoms with van der Waals surface area (Å²) in [7, 11) is 3.14. The molecule has 0 amide bonds. The number of carbonyl (C=O) groups is 1. The molecule has 0 aromatic heterocycles. The van der Waals surface area contributed by atoms with Crippen LogP contribution in [0.4, 0.5) is 0 Å². The molecule has 94 valence electrons. The van der Waals surface area contributed by atoms with Gasteiger partial charge in [-0.15, -0.1) is 0 Å². The zero-order valence-corrected chi connectivity index (χ0v) is 11.2. The third kappa shape index (κ3) is 2.67. The van der Waals surface area contributed by atoms with Gasteiger partial charge in [-0.25, -0.2) is 0 Å². The molecule has 0 saturated carbocycles. The average Bonchev–Trinajstić information content (AvgIpc) is 2.33. The normalized spacial score (nSPS) is 12.3. The van der Waals surface area contributed by atoms with E-state index in [1.54, 1.807) is 14.2 Å². The van der Waals surface area contributed by atoms with E-state index in [1.807, 2.05) is 32.9 Å². The molecule has 0 spiro atoms. The second-order valence-electron chi connectivity index (χ2n) is 4.09. The summed E-state index contributed by atoms with van der Waals surface area (Å²) in [5.74, 6) is 0.639. The Morgan fingerprint density at radius 2 is 1.94 bits per heavy atom. The minimum absolute atomic E-state index is 0.0186. The molecule has 17 heavy (non-hydrogen) atoms. The lowest BCUT2D eigenvalue weighted by molar-refractivity contribution is 0.0592. The number of hydrogen-bond acceptors (Lipinski definition) is 3. The first-order valence-corrected chi connectivity index (χ1v) is 5.78. The van der Waals surface area contributed by atoms with Crippen LogP contribution < -0.4 is 4.74 Å². The summed E-state index contributed by atoms with van der Waals surface area (Å²) in [5, 5.41) is 0. The second-order valence-corrected chi connectivity index (χ2v) is 4.09. The lowest BCUT2D eigenvalue weighted by atomic mass is 9.98. The molecule has 1 aromatic carbocycles. The molecule has 0 bridgehead atoms. The van der Waals surface area contributed by atoms with Crippen LogP contribution in [0.2, 0.25) is 0 Å². The lowest BCUT2D eigenvalue weighted by Gasteiger charge is -2.16. The Morgan fingerprint density at radius 1 is 1.29 bits per heavy atom. The maximum atomic E-state index is 12.2. The molecule has 3 nitrogen and oxygen atoms in total. The Hall–Kier alpha value is -1.35. The topological polar surface area (TPSA) is 35.5 Å². The van der Waals surface area contributed by atoms with E-state index in [0.717, 1.165) is 11.1 Å². The van der Waals surface area contributed by atoms with E-state index in [4.69, 9.17) is 9.47 Å². The number of benzene rings is 1. The minimum atomic E-state index is -0.397. The number of aryl methyl sites for hydroxylation is 1. The quantitative estimate of drug-likeness (QED) is 0.737. The molecular formula is C14H20O3. The molecule has 0 radical (unpaired) electrons. The Morgan fingerprint density at radius 3 is 2.41 bits per heavy atom. The van der Waals surface area contributed by atoms with Gasteiger partial charge in [0.2, 0.25) is 0 Å². The van der Waals surface area contributed by atoms with Crippen LogP contribution in [0.25, 0.3) is 0 Å². The maximum absolute atomic E-state index is 12.2. The highest BCUT2D eigenvalue weighted by molar-refractivity contribution is 6.02. The van der Waals surface area contributed by atoms with Gasteiger partial charge in [-0.2, -0.15) is 0 Å². The van der Waals surface area contributed by atoms with Gasteiger partial charge in [-0.3, -0.25) is 4.79 Å². The zero-order chi connectivity index (χ0) is 13.0. The molecule has 0 aliphatic heterocycles. The fourth-order valence-electron chi connectivity index (χ4n) is 1.88. The SMILES string of the molecule is CCC(OC)C(=O)c1ccc(C)c(C)c1OC. The zero-order valence-electron chi connectivity index (χ0n) is 11.2. The summed E-state index contributed by atoms with van der Waals surface area (Å²) in [4.78, 5) is 12.2. The number of rotatable bonds is 5. The van der Waals surface area contributed by atoms with E-state index in [9.17, 15) is 4.79 Å². The highest BCUT2D eigenvalue weighted by atomic mass is 16.5. The van der Waals surface area contributed by atoms with Crippen molar-refractivity contribution >= 4 is 5.78 Å². The molecule has 1 unspecified atom stereocenters. The highest BCUT2D eigenvalue weighted by Gasteiger charge is 2.22. The number of Topliss-reactive ketones (excluding diaryl/α,β-unsaturated/α-hetero) is 1. The van der Waals surface area contributed by atoms with Crippen molar-refractivity contribution < 1.29 is 14.3 Å². The minimum Gasteiger partial charge on any atom is -0.496 e. The summed E-state index contributed by atoms with van der Waals surface area (Å²) in [6.07, 6.45) is 0.261. The van der Waals surface area contributed by atoms with Crippen molar-refractivity contribution in [1.29, 1.82) is 0 Å². The maximum Gasteiger partial charge on any atom is 0.195 e. The molecule has 1 atom stereocenters. The Bertz CT molecular complexity index is 406. The van der Waals surface area contributed by atoms with Crippen molar-refractivity contribution in [3.05, 3.63) is 28.8 Å². The lowest BCUT2D eigenvalue weighted by Crippen LogP contribution is -2.23. The first-order valence-electron chi connectivity index (χ1n) is 5.78. The van der Waals surface area contributed by atoms with Gasteiger partial charge < -0.3 is 9.47 Å². The number of methoxy groups -OCH3 is 2. The molecule has 0 heterocycles. The molecule has 1 rings (SSSR count). The van der Waals surface area contributed by atoms with Crippen molar-refractivity contribution in [2.45, 2.75) is 33.3 Å². The number of ether oxygens (including phenoxy) is 2. The second kappa shape index (κ2) is 5.82. The summed E-state index contributed by atoms with van der Waals surface area (Å²) in [5.41, 5.74) is 2.72. The van der Waals surface area contributed by atoms with Crippen LogP contribution in [0.15, 0.2) is 12.1 Å². The van der Waals surface area contributed by atoms with Gasteiger partial charge in [0.05, 0.1) is 12.7 Å². The smallest absolute Gasteiger partial charge is 0.195 e. The van der Waals surface area contributed by atoms with E-state index in [-0.39, 0.29) is 5.78 Å². The summed E-state index contributed by atoms with van der Waals surface area (Å²) >= 11 is 0. The van der Waals surface area contributed by atoms with E-state index in [0.29, 0.717) is 17.7 Å². The predicted octanol–water partition coefficient (Wildman–Crippen LogP) is 2.92. The van der Waals surface area contributed by atoms with Crippen LogP contribution in [0.3, 0.4) is 0 Å². The Labute approximate surface area is 103 Å². The van der Waals surface area contributed by atoms with Gasteiger partial charge in [0.1, 0.15) is 11.9 Å². The van der Waals surface area contributed by atoms with Gasteiger partial charge in [0, 0.05) is 7.11 Å². The summed E-state index contributed by atoms with van der Waals surface area (Å²) < 4.78 is 10.5. The Kier molecular flexibility index (Phi) is 4.70. The molecule has 0 aliphatic rings. The first kappa shape index (κ1) is 13.7. The molecule has 0 aliphatic carbocycles. The molecule has 3 heteroatoms. The largest absolute Gasteiger partial charge is 0.496 e. The van der Waals surface area contributed by atoms with Crippen LogP contribution in [0.5, 0.6) is 5.75 Å². The molecular weight excluding hydrogens is 216 g/mol. The van der Waals surface area contributed by atoms with E-state index in [1.165, 1.54) is 0 Å². The van der Waals surface area contributed by atoms with Crippen molar-refractivity contribution in [1.82, 2.24) is 0 Å². The molecule has 0 saturated heterocycles. The van der Waals surface area contributed by atoms with Gasteiger partial charge in [-0.1, -0.05) is 13.0 Å². The van der Waals surface area contributed by atoms with Gasteiger partial charge >= 0.3 is 0 Å². The van der Waals surface area contributed by atoms with Gasteiger partial charge in [0.25, 0.3) is 0 Å².